The molecule has 2 heterocycles. The van der Waals surface area contributed by atoms with E-state index in [0.717, 1.165) is 12.8 Å². The minimum absolute atomic E-state index is 0.0849. The molecule has 132 valence electrons. The van der Waals surface area contributed by atoms with Crippen molar-refractivity contribution in [3.63, 3.8) is 0 Å². The molecule has 0 bridgehead atoms. The number of hydrogen-bond donors (Lipinski definition) is 0. The summed E-state index contributed by atoms with van der Waals surface area (Å²) >= 11 is 0. The van der Waals surface area contributed by atoms with Gasteiger partial charge in [-0.2, -0.15) is 0 Å². The first-order valence-electron chi connectivity index (χ1n) is 8.45. The number of nitrogens with zero attached hydrogens (tertiary/aromatic N) is 1. The maximum Gasteiger partial charge on any atom is 0.311 e. The molecule has 1 unspecified atom stereocenters. The van der Waals surface area contributed by atoms with Crippen LogP contribution in [0.15, 0.2) is 0 Å². The smallest absolute Gasteiger partial charge is 0.311 e. The van der Waals surface area contributed by atoms with E-state index in [1.807, 2.05) is 34.6 Å². The molecule has 6 heteroatoms. The third-order valence-electron chi connectivity index (χ3n) is 4.45. The van der Waals surface area contributed by atoms with Crippen LogP contribution >= 0.6 is 0 Å². The van der Waals surface area contributed by atoms with Crippen molar-refractivity contribution in [1.82, 2.24) is 4.90 Å². The fourth-order valence-corrected chi connectivity index (χ4v) is 3.30. The summed E-state index contributed by atoms with van der Waals surface area (Å²) in [6.07, 6.45) is 0.961. The van der Waals surface area contributed by atoms with Gasteiger partial charge >= 0.3 is 5.97 Å². The van der Waals surface area contributed by atoms with E-state index in [9.17, 15) is 9.59 Å². The van der Waals surface area contributed by atoms with Crippen LogP contribution in [0.2, 0.25) is 0 Å². The van der Waals surface area contributed by atoms with Gasteiger partial charge in [-0.15, -0.1) is 0 Å². The molecule has 0 spiro atoms. The molecule has 0 aromatic rings. The molecular weight excluding hydrogens is 298 g/mol. The number of piperidine rings is 1. The summed E-state index contributed by atoms with van der Waals surface area (Å²) in [5, 5.41) is 0. The Kier molecular flexibility index (Phi) is 5.68. The van der Waals surface area contributed by atoms with E-state index in [1.54, 1.807) is 4.90 Å². The lowest BCUT2D eigenvalue weighted by molar-refractivity contribution is -0.173. The Hall–Kier alpha value is -1.14. The first-order valence-corrected chi connectivity index (χ1v) is 8.45. The van der Waals surface area contributed by atoms with Gasteiger partial charge in [-0.1, -0.05) is 0 Å². The van der Waals surface area contributed by atoms with Crippen molar-refractivity contribution in [1.29, 1.82) is 0 Å². The Balaban J connectivity index is 2.08. The van der Waals surface area contributed by atoms with Crippen molar-refractivity contribution in [3.8, 4) is 0 Å². The molecule has 0 radical (unpaired) electrons. The van der Waals surface area contributed by atoms with Gasteiger partial charge in [0.15, 0.2) is 6.10 Å². The number of rotatable bonds is 2. The third kappa shape index (κ3) is 4.44. The van der Waals surface area contributed by atoms with Gasteiger partial charge in [-0.25, -0.2) is 0 Å². The molecular formula is C17H29NO5. The first-order chi connectivity index (χ1) is 10.7. The van der Waals surface area contributed by atoms with Gasteiger partial charge in [-0.3, -0.25) is 9.59 Å². The fourth-order valence-electron chi connectivity index (χ4n) is 3.30. The minimum atomic E-state index is -0.564. The predicted molar refractivity (Wildman–Crippen MR) is 84.9 cm³/mol. The van der Waals surface area contributed by atoms with Crippen LogP contribution in [0, 0.1) is 5.92 Å². The summed E-state index contributed by atoms with van der Waals surface area (Å²) in [6, 6.07) is -0.117. The van der Waals surface area contributed by atoms with Crippen LogP contribution in [-0.2, 0) is 23.8 Å². The lowest BCUT2D eigenvalue weighted by Crippen LogP contribution is -2.58. The topological polar surface area (TPSA) is 65.1 Å². The Morgan fingerprint density at radius 1 is 1.13 bits per heavy atom. The molecule has 2 fully saturated rings. The van der Waals surface area contributed by atoms with E-state index in [4.69, 9.17) is 14.2 Å². The summed E-state index contributed by atoms with van der Waals surface area (Å²) in [6.45, 7) is 10.8. The highest BCUT2D eigenvalue weighted by molar-refractivity contribution is 5.83. The average molecular weight is 327 g/mol. The number of likely N-dealkylation sites (tertiary alicyclic amines) is 1. The highest BCUT2D eigenvalue weighted by Gasteiger charge is 2.43. The molecule has 1 amide bonds. The van der Waals surface area contributed by atoms with Gasteiger partial charge in [0.1, 0.15) is 5.60 Å². The number of esters is 1. The standard InChI is InChI=1S/C17H29NO5/c1-11-6-7-13(16(20)23-17(3,4)5)12(2)18(11)15(19)14-10-21-8-9-22-14/h11-14H,6-10H2,1-5H3/t11-,12+,13+,14?/m1/s1. The molecule has 0 aromatic heterocycles. The van der Waals surface area contributed by atoms with Gasteiger partial charge in [0.2, 0.25) is 0 Å². The second kappa shape index (κ2) is 7.18. The maximum atomic E-state index is 12.8. The van der Waals surface area contributed by atoms with E-state index in [0.29, 0.717) is 13.2 Å². The molecule has 2 aliphatic rings. The molecule has 0 saturated carbocycles. The van der Waals surface area contributed by atoms with Crippen LogP contribution < -0.4 is 0 Å². The molecule has 0 N–H and O–H groups in total. The van der Waals surface area contributed by atoms with Crippen LogP contribution in [0.4, 0.5) is 0 Å². The zero-order valence-corrected chi connectivity index (χ0v) is 14.8. The molecule has 0 aliphatic carbocycles. The molecule has 4 atom stereocenters. The van der Waals surface area contributed by atoms with Crippen molar-refractivity contribution >= 4 is 11.9 Å². The van der Waals surface area contributed by atoms with Crippen molar-refractivity contribution in [2.45, 2.75) is 71.2 Å². The largest absolute Gasteiger partial charge is 0.460 e. The highest BCUT2D eigenvalue weighted by Crippen LogP contribution is 2.31. The molecule has 0 aromatic carbocycles. The second-order valence-electron chi connectivity index (χ2n) is 7.49. The first kappa shape index (κ1) is 18.2. The monoisotopic (exact) mass is 327 g/mol. The Morgan fingerprint density at radius 2 is 1.83 bits per heavy atom. The molecule has 6 nitrogen and oxygen atoms in total. The van der Waals surface area contributed by atoms with Crippen molar-refractivity contribution < 1.29 is 23.8 Å². The van der Waals surface area contributed by atoms with Crippen LogP contribution in [0.3, 0.4) is 0 Å². The van der Waals surface area contributed by atoms with E-state index >= 15 is 0 Å². The quantitative estimate of drug-likeness (QED) is 0.723. The maximum absolute atomic E-state index is 12.8. The van der Waals surface area contributed by atoms with Crippen LogP contribution in [0.5, 0.6) is 0 Å². The van der Waals surface area contributed by atoms with Crippen LogP contribution in [-0.4, -0.2) is 60.4 Å². The van der Waals surface area contributed by atoms with Gasteiger partial charge in [-0.05, 0) is 47.5 Å². The lowest BCUT2D eigenvalue weighted by atomic mass is 9.86. The minimum Gasteiger partial charge on any atom is -0.460 e. The van der Waals surface area contributed by atoms with Gasteiger partial charge < -0.3 is 19.1 Å². The summed E-state index contributed by atoms with van der Waals surface area (Å²) in [4.78, 5) is 27.0. The molecule has 2 rings (SSSR count). The normalized spacial score (nSPS) is 32.5. The van der Waals surface area contributed by atoms with E-state index in [-0.39, 0.29) is 36.5 Å². The van der Waals surface area contributed by atoms with Crippen LogP contribution in [0.1, 0.15) is 47.5 Å². The number of carbonyl (C=O) groups is 2. The highest BCUT2D eigenvalue weighted by atomic mass is 16.6. The Bertz CT molecular complexity index is 439. The lowest BCUT2D eigenvalue weighted by Gasteiger charge is -2.44. The number of amides is 1. The van der Waals surface area contributed by atoms with E-state index in [2.05, 4.69) is 0 Å². The van der Waals surface area contributed by atoms with Crippen molar-refractivity contribution in [2.24, 2.45) is 5.92 Å². The fraction of sp³-hybridized carbons (Fsp3) is 0.882. The number of ether oxygens (including phenoxy) is 3. The SMILES string of the molecule is C[C@@H]1CC[C@H](C(=O)OC(C)(C)C)[C@H](C)N1C(=O)C1COCCO1. The van der Waals surface area contributed by atoms with Gasteiger partial charge in [0.25, 0.3) is 5.91 Å². The zero-order valence-electron chi connectivity index (χ0n) is 14.8. The average Bonchev–Trinajstić information content (AvgIpc) is 2.46. The van der Waals surface area contributed by atoms with Gasteiger partial charge in [0.05, 0.1) is 25.7 Å². The van der Waals surface area contributed by atoms with E-state index in [1.165, 1.54) is 0 Å². The molecule has 23 heavy (non-hydrogen) atoms. The van der Waals surface area contributed by atoms with E-state index < -0.39 is 11.7 Å². The predicted octanol–water partition coefficient (Wildman–Crippen LogP) is 1.76. The van der Waals surface area contributed by atoms with Crippen molar-refractivity contribution in [2.75, 3.05) is 19.8 Å². The molecule has 2 saturated heterocycles. The summed E-state index contributed by atoms with van der Waals surface area (Å²) in [7, 11) is 0. The summed E-state index contributed by atoms with van der Waals surface area (Å²) < 4.78 is 16.4. The number of carbonyl (C=O) groups excluding carboxylic acids is 2. The van der Waals surface area contributed by atoms with Crippen molar-refractivity contribution in [3.05, 3.63) is 0 Å². The third-order valence-corrected chi connectivity index (χ3v) is 4.45. The summed E-state index contributed by atoms with van der Waals surface area (Å²) in [5.41, 5.74) is -0.519. The Labute approximate surface area is 138 Å². The number of hydrogen-bond acceptors (Lipinski definition) is 5. The zero-order chi connectivity index (χ0) is 17.2. The van der Waals surface area contributed by atoms with Gasteiger partial charge in [0, 0.05) is 12.1 Å². The summed E-state index contributed by atoms with van der Waals surface area (Å²) in [5.74, 6) is -0.604. The second-order valence-corrected chi connectivity index (χ2v) is 7.49. The van der Waals surface area contributed by atoms with Crippen LogP contribution in [0.25, 0.3) is 0 Å². The molecule has 2 aliphatic heterocycles. The Morgan fingerprint density at radius 3 is 2.39 bits per heavy atom.